The van der Waals surface area contributed by atoms with Crippen LogP contribution in [0.3, 0.4) is 0 Å². The Kier molecular flexibility index (Phi) is 6.86. The van der Waals surface area contributed by atoms with Crippen LogP contribution < -0.4 is 0 Å². The number of hydrogen-bond donors (Lipinski definition) is 0. The van der Waals surface area contributed by atoms with Gasteiger partial charge in [-0.3, -0.25) is 14.5 Å². The highest BCUT2D eigenvalue weighted by molar-refractivity contribution is 6.31. The Hall–Kier alpha value is -1.59. The number of ether oxygens (including phenoxy) is 1. The number of nitrogens with zero attached hydrogens (tertiary/aromatic N) is 2. The molecule has 23 heavy (non-hydrogen) atoms. The molecule has 0 N–H and O–H groups in total. The van der Waals surface area contributed by atoms with E-state index in [0.717, 1.165) is 18.5 Å². The quantitative estimate of drug-likeness (QED) is 0.770. The summed E-state index contributed by atoms with van der Waals surface area (Å²) in [5.41, 5.74) is 0.854. The lowest BCUT2D eigenvalue weighted by atomic mass is 10.1. The molecule has 1 amide bonds. The molecule has 6 heteroatoms. The van der Waals surface area contributed by atoms with E-state index in [0.29, 0.717) is 44.2 Å². The zero-order valence-corrected chi connectivity index (χ0v) is 14.2. The average Bonchev–Trinajstić information content (AvgIpc) is 2.75. The Morgan fingerprint density at radius 1 is 1.17 bits per heavy atom. The van der Waals surface area contributed by atoms with Gasteiger partial charge in [-0.25, -0.2) is 0 Å². The largest absolute Gasteiger partial charge is 0.465 e. The van der Waals surface area contributed by atoms with Crippen LogP contribution in [0.25, 0.3) is 0 Å². The fourth-order valence-electron chi connectivity index (χ4n) is 2.68. The lowest BCUT2D eigenvalue weighted by Gasteiger charge is -2.21. The van der Waals surface area contributed by atoms with E-state index in [1.165, 1.54) is 0 Å². The Bertz CT molecular complexity index is 550. The Morgan fingerprint density at radius 3 is 2.70 bits per heavy atom. The lowest BCUT2D eigenvalue weighted by molar-refractivity contribution is -0.144. The number of hydrogen-bond acceptors (Lipinski definition) is 4. The molecule has 0 unspecified atom stereocenters. The molecule has 1 aliphatic rings. The second kappa shape index (κ2) is 8.89. The van der Waals surface area contributed by atoms with E-state index in [1.807, 2.05) is 28.0 Å². The van der Waals surface area contributed by atoms with Crippen molar-refractivity contribution in [2.24, 2.45) is 0 Å². The fourth-order valence-corrected chi connectivity index (χ4v) is 2.89. The van der Waals surface area contributed by atoms with Crippen molar-refractivity contribution in [3.63, 3.8) is 0 Å². The van der Waals surface area contributed by atoms with Crippen molar-refractivity contribution in [1.29, 1.82) is 0 Å². The first kappa shape index (κ1) is 17.8. The maximum atomic E-state index is 12.5. The highest BCUT2D eigenvalue weighted by Gasteiger charge is 2.21. The normalized spacial score (nSPS) is 16.0. The van der Waals surface area contributed by atoms with Crippen LogP contribution in [0.4, 0.5) is 0 Å². The molecule has 0 bridgehead atoms. The number of benzene rings is 1. The van der Waals surface area contributed by atoms with E-state index < -0.39 is 0 Å². The van der Waals surface area contributed by atoms with Crippen LogP contribution in [0.1, 0.15) is 18.9 Å². The van der Waals surface area contributed by atoms with E-state index >= 15 is 0 Å². The SMILES string of the molecule is CCOC(=O)CN1CCCN(C(=O)Cc2ccccc2Cl)CC1. The van der Waals surface area contributed by atoms with E-state index in [-0.39, 0.29) is 11.9 Å². The molecule has 5 nitrogen and oxygen atoms in total. The summed E-state index contributed by atoms with van der Waals surface area (Å²) in [6.45, 7) is 5.32. The molecule has 1 aromatic carbocycles. The molecule has 126 valence electrons. The van der Waals surface area contributed by atoms with Crippen LogP contribution in [0.2, 0.25) is 5.02 Å². The second-order valence-corrected chi connectivity index (χ2v) is 5.99. The predicted octanol–water partition coefficient (Wildman–Crippen LogP) is 1.98. The maximum absolute atomic E-state index is 12.5. The molecule has 0 saturated carbocycles. The van der Waals surface area contributed by atoms with Gasteiger partial charge < -0.3 is 9.64 Å². The minimum atomic E-state index is -0.205. The van der Waals surface area contributed by atoms with Crippen LogP contribution in [-0.2, 0) is 20.7 Å². The first-order valence-electron chi connectivity index (χ1n) is 7.99. The van der Waals surface area contributed by atoms with Crippen molar-refractivity contribution in [1.82, 2.24) is 9.80 Å². The number of carbonyl (C=O) groups is 2. The van der Waals surface area contributed by atoms with Gasteiger partial charge in [-0.2, -0.15) is 0 Å². The highest BCUT2D eigenvalue weighted by Crippen LogP contribution is 2.16. The monoisotopic (exact) mass is 338 g/mol. The van der Waals surface area contributed by atoms with Gasteiger partial charge in [0.1, 0.15) is 0 Å². The van der Waals surface area contributed by atoms with Crippen molar-refractivity contribution >= 4 is 23.5 Å². The van der Waals surface area contributed by atoms with Gasteiger partial charge in [-0.1, -0.05) is 29.8 Å². The molecule has 0 radical (unpaired) electrons. The third kappa shape index (κ3) is 5.52. The summed E-state index contributed by atoms with van der Waals surface area (Å²) >= 11 is 6.12. The standard InChI is InChI=1S/C17H23ClN2O3/c1-2-23-17(22)13-19-8-5-9-20(11-10-19)16(21)12-14-6-3-4-7-15(14)18/h3-4,6-7H,2,5,8-13H2,1H3. The molecular formula is C17H23ClN2O3. The molecule has 0 aromatic heterocycles. The Morgan fingerprint density at radius 2 is 1.96 bits per heavy atom. The first-order chi connectivity index (χ1) is 11.1. The van der Waals surface area contributed by atoms with Crippen molar-refractivity contribution < 1.29 is 14.3 Å². The molecule has 0 aliphatic carbocycles. The summed E-state index contributed by atoms with van der Waals surface area (Å²) in [6, 6.07) is 7.42. The van der Waals surface area contributed by atoms with Crippen molar-refractivity contribution in [2.45, 2.75) is 19.8 Å². The minimum Gasteiger partial charge on any atom is -0.465 e. The summed E-state index contributed by atoms with van der Waals surface area (Å²) in [6.07, 6.45) is 1.17. The van der Waals surface area contributed by atoms with Crippen LogP contribution in [0.15, 0.2) is 24.3 Å². The molecule has 0 spiro atoms. The van der Waals surface area contributed by atoms with E-state index in [4.69, 9.17) is 16.3 Å². The first-order valence-corrected chi connectivity index (χ1v) is 8.37. The van der Waals surface area contributed by atoms with Gasteiger partial charge in [0.05, 0.1) is 19.6 Å². The minimum absolute atomic E-state index is 0.0797. The predicted molar refractivity (Wildman–Crippen MR) is 89.4 cm³/mol. The molecule has 1 aliphatic heterocycles. The van der Waals surface area contributed by atoms with Crippen molar-refractivity contribution in [3.05, 3.63) is 34.9 Å². The Balaban J connectivity index is 1.86. The molecule has 0 atom stereocenters. The fraction of sp³-hybridized carbons (Fsp3) is 0.529. The van der Waals surface area contributed by atoms with Crippen LogP contribution in [-0.4, -0.2) is 61.0 Å². The third-order valence-electron chi connectivity index (χ3n) is 3.90. The molecule has 2 rings (SSSR count). The van der Waals surface area contributed by atoms with Gasteiger partial charge in [0.15, 0.2) is 0 Å². The molecular weight excluding hydrogens is 316 g/mol. The van der Waals surface area contributed by atoms with Crippen molar-refractivity contribution in [3.8, 4) is 0 Å². The van der Waals surface area contributed by atoms with Gasteiger partial charge in [-0.05, 0) is 25.0 Å². The highest BCUT2D eigenvalue weighted by atomic mass is 35.5. The summed E-state index contributed by atoms with van der Waals surface area (Å²) in [5, 5.41) is 0.625. The number of halogens is 1. The topological polar surface area (TPSA) is 49.9 Å². The van der Waals surface area contributed by atoms with Crippen LogP contribution in [0, 0.1) is 0 Å². The molecule has 1 heterocycles. The molecule has 1 aromatic rings. The average molecular weight is 339 g/mol. The zero-order valence-electron chi connectivity index (χ0n) is 13.5. The summed E-state index contributed by atoms with van der Waals surface area (Å²) in [7, 11) is 0. The number of rotatable bonds is 5. The third-order valence-corrected chi connectivity index (χ3v) is 4.27. The molecule has 1 saturated heterocycles. The van der Waals surface area contributed by atoms with Gasteiger partial charge in [0, 0.05) is 31.2 Å². The van der Waals surface area contributed by atoms with E-state index in [1.54, 1.807) is 13.0 Å². The van der Waals surface area contributed by atoms with E-state index in [9.17, 15) is 9.59 Å². The van der Waals surface area contributed by atoms with Gasteiger partial charge in [0.25, 0.3) is 0 Å². The van der Waals surface area contributed by atoms with Crippen LogP contribution >= 0.6 is 11.6 Å². The van der Waals surface area contributed by atoms with E-state index in [2.05, 4.69) is 0 Å². The Labute approximate surface area is 142 Å². The van der Waals surface area contributed by atoms with Gasteiger partial charge in [0.2, 0.25) is 5.91 Å². The lowest BCUT2D eigenvalue weighted by Crippen LogP contribution is -2.37. The van der Waals surface area contributed by atoms with Gasteiger partial charge >= 0.3 is 5.97 Å². The molecule has 1 fully saturated rings. The van der Waals surface area contributed by atoms with Crippen LogP contribution in [0.5, 0.6) is 0 Å². The number of amides is 1. The van der Waals surface area contributed by atoms with Crippen molar-refractivity contribution in [2.75, 3.05) is 39.3 Å². The number of carbonyl (C=O) groups excluding carboxylic acids is 2. The zero-order chi connectivity index (χ0) is 16.7. The maximum Gasteiger partial charge on any atom is 0.320 e. The number of esters is 1. The second-order valence-electron chi connectivity index (χ2n) is 5.58. The summed E-state index contributed by atoms with van der Waals surface area (Å²) < 4.78 is 4.98. The summed E-state index contributed by atoms with van der Waals surface area (Å²) in [4.78, 5) is 27.9. The summed E-state index contributed by atoms with van der Waals surface area (Å²) in [5.74, 6) is -0.126. The smallest absolute Gasteiger partial charge is 0.320 e. The van der Waals surface area contributed by atoms with Gasteiger partial charge in [-0.15, -0.1) is 0 Å².